The van der Waals surface area contributed by atoms with E-state index >= 15 is 0 Å². The molecule has 15 aromatic carbocycles. The van der Waals surface area contributed by atoms with Crippen molar-refractivity contribution in [3.63, 3.8) is 0 Å². The van der Waals surface area contributed by atoms with E-state index in [0.29, 0.717) is 52.4 Å². The lowest BCUT2D eigenvalue weighted by molar-refractivity contribution is 1.07. The van der Waals surface area contributed by atoms with Gasteiger partial charge in [0, 0.05) is 86.6 Å². The van der Waals surface area contributed by atoms with Crippen molar-refractivity contribution in [1.29, 1.82) is 0 Å². The van der Waals surface area contributed by atoms with Crippen LogP contribution >= 0.6 is 0 Å². The second-order valence-electron chi connectivity index (χ2n) is 28.8. The first-order chi connectivity index (χ1) is 59.4. The van der Waals surface area contributed by atoms with Crippen LogP contribution in [0.15, 0.2) is 437 Å². The van der Waals surface area contributed by atoms with Gasteiger partial charge in [-0.05, 0) is 136 Å². The van der Waals surface area contributed by atoms with Crippen LogP contribution in [0.1, 0.15) is 0 Å². The molecule has 0 atom stereocenters. The molecule has 0 unspecified atom stereocenters. The zero-order valence-corrected chi connectivity index (χ0v) is 64.9. The Morgan fingerprint density at radius 2 is 0.408 bits per heavy atom. The van der Waals surface area contributed by atoms with Crippen LogP contribution < -0.4 is 0 Å². The van der Waals surface area contributed by atoms with E-state index in [-0.39, 0.29) is 0 Å². The number of pyridine rings is 3. The number of benzene rings is 15. The van der Waals surface area contributed by atoms with Gasteiger partial charge in [-0.1, -0.05) is 358 Å². The topological polar surface area (TPSA) is 155 Å². The summed E-state index contributed by atoms with van der Waals surface area (Å²) in [6.45, 7) is 0. The lowest BCUT2D eigenvalue weighted by Gasteiger charge is -2.11. The molecule has 6 aromatic heterocycles. The molecule has 12 nitrogen and oxygen atoms in total. The van der Waals surface area contributed by atoms with E-state index in [1.807, 2.05) is 243 Å². The molecule has 0 saturated heterocycles. The zero-order valence-electron chi connectivity index (χ0n) is 64.9. The third kappa shape index (κ3) is 16.4. The first kappa shape index (κ1) is 73.7. The smallest absolute Gasteiger partial charge is 0.164 e. The lowest BCUT2D eigenvalue weighted by Crippen LogP contribution is -2.00. The van der Waals surface area contributed by atoms with Crippen molar-refractivity contribution in [2.45, 2.75) is 0 Å². The molecule has 0 fully saturated rings. The molecular formula is C108H72N12. The van der Waals surface area contributed by atoms with Crippen molar-refractivity contribution in [2.75, 3.05) is 0 Å². The van der Waals surface area contributed by atoms with E-state index in [9.17, 15) is 0 Å². The molecule has 0 radical (unpaired) electrons. The fraction of sp³-hybridized carbons (Fsp3) is 0. The van der Waals surface area contributed by atoms with Crippen molar-refractivity contribution in [1.82, 2.24) is 59.8 Å². The summed E-state index contributed by atoms with van der Waals surface area (Å²) < 4.78 is 0. The molecule has 0 aliphatic heterocycles. The zero-order chi connectivity index (χ0) is 80.2. The normalized spacial score (nSPS) is 11.0. The fourth-order valence-electron chi connectivity index (χ4n) is 15.0. The molecule has 21 aromatic rings. The number of rotatable bonds is 15. The molecule has 0 bridgehead atoms. The van der Waals surface area contributed by atoms with Gasteiger partial charge in [0.25, 0.3) is 0 Å². The predicted molar refractivity (Wildman–Crippen MR) is 487 cm³/mol. The molecule has 0 amide bonds. The minimum atomic E-state index is 0.653. The molecule has 0 N–H and O–H groups in total. The Balaban J connectivity index is 0.000000119. The molecule has 0 aliphatic rings. The van der Waals surface area contributed by atoms with E-state index in [4.69, 9.17) is 44.9 Å². The van der Waals surface area contributed by atoms with Gasteiger partial charge in [-0.15, -0.1) is 0 Å². The van der Waals surface area contributed by atoms with E-state index in [0.717, 1.165) is 99.7 Å². The van der Waals surface area contributed by atoms with Crippen LogP contribution in [0.4, 0.5) is 0 Å². The van der Waals surface area contributed by atoms with E-state index < -0.39 is 0 Å². The van der Waals surface area contributed by atoms with Crippen molar-refractivity contribution < 1.29 is 0 Å². The molecule has 0 aliphatic carbocycles. The molecule has 12 heteroatoms. The summed E-state index contributed by atoms with van der Waals surface area (Å²) in [6, 6.07) is 139. The first-order valence-electron chi connectivity index (χ1n) is 39.7. The van der Waals surface area contributed by atoms with E-state index in [1.165, 1.54) is 49.5 Å². The Hall–Kier alpha value is -16.4. The van der Waals surface area contributed by atoms with Crippen LogP contribution in [0, 0.1) is 0 Å². The molecular weight excluding hydrogens is 1470 g/mol. The van der Waals surface area contributed by atoms with Crippen molar-refractivity contribution >= 4 is 32.3 Å². The number of hydrogen-bond acceptors (Lipinski definition) is 12. The summed E-state index contributed by atoms with van der Waals surface area (Å²) in [4.78, 5) is 56.7. The third-order valence-corrected chi connectivity index (χ3v) is 21.1. The maximum atomic E-state index is 4.90. The lowest BCUT2D eigenvalue weighted by atomic mass is 9.95. The third-order valence-electron chi connectivity index (χ3n) is 21.1. The Morgan fingerprint density at radius 3 is 0.708 bits per heavy atom. The highest BCUT2D eigenvalue weighted by atomic mass is 15.1. The maximum absolute atomic E-state index is 4.90. The minimum Gasteiger partial charge on any atom is -0.265 e. The largest absolute Gasteiger partial charge is 0.265 e. The van der Waals surface area contributed by atoms with Gasteiger partial charge in [-0.25, -0.2) is 44.9 Å². The second kappa shape index (κ2) is 34.3. The quantitative estimate of drug-likeness (QED) is 0.0959. The second-order valence-corrected chi connectivity index (χ2v) is 28.8. The monoisotopic (exact) mass is 1540 g/mol. The van der Waals surface area contributed by atoms with Crippen LogP contribution in [0.2, 0.25) is 0 Å². The average Bonchev–Trinajstić information content (AvgIpc) is 0.784. The van der Waals surface area contributed by atoms with Gasteiger partial charge in [0.1, 0.15) is 0 Å². The number of fused-ring (bicyclic) bond motifs is 3. The van der Waals surface area contributed by atoms with Crippen LogP contribution in [-0.2, 0) is 0 Å². The summed E-state index contributed by atoms with van der Waals surface area (Å²) in [5.74, 6) is 5.92. The van der Waals surface area contributed by atoms with E-state index in [1.54, 1.807) is 6.20 Å². The van der Waals surface area contributed by atoms with Crippen LogP contribution in [0.3, 0.4) is 0 Å². The highest BCUT2D eigenvalue weighted by Crippen LogP contribution is 2.39. The highest BCUT2D eigenvalue weighted by molar-refractivity contribution is 6.01. The Labute approximate surface area is 694 Å². The van der Waals surface area contributed by atoms with Crippen LogP contribution in [0.25, 0.3) is 202 Å². The van der Waals surface area contributed by atoms with E-state index in [2.05, 4.69) is 203 Å². The minimum absolute atomic E-state index is 0.653. The Morgan fingerprint density at radius 1 is 0.142 bits per heavy atom. The SMILES string of the molecule is c1ccc(-c2nc(-c3ccccc3)nc(-c3ccc4c(-c5ccc(-c6ccccn6)cc5)cccc4c3)n2)cc1.c1ccc(-c2nc(-c3ccccc3)nc(-c3ccc4c(-c5ccc(-c6cccnc6)cc5)cccc4c3)n2)cc1.c1ccc(-c2nc(-c3ccccc3)nc(-c3ccc4c(-c5ccc(-c6ccncc6)cc5)cccc4c3)n2)cc1. The molecule has 0 saturated carbocycles. The highest BCUT2D eigenvalue weighted by Gasteiger charge is 2.19. The maximum Gasteiger partial charge on any atom is 0.164 e. The molecule has 21 rings (SSSR count). The van der Waals surface area contributed by atoms with Crippen molar-refractivity contribution in [3.05, 3.63) is 437 Å². The van der Waals surface area contributed by atoms with Crippen molar-refractivity contribution in [2.24, 2.45) is 0 Å². The number of nitrogens with zero attached hydrogens (tertiary/aromatic N) is 12. The van der Waals surface area contributed by atoms with Gasteiger partial charge in [0.05, 0.1) is 5.69 Å². The first-order valence-corrected chi connectivity index (χ1v) is 39.7. The van der Waals surface area contributed by atoms with Gasteiger partial charge in [0.2, 0.25) is 0 Å². The van der Waals surface area contributed by atoms with Crippen LogP contribution in [0.5, 0.6) is 0 Å². The molecule has 6 heterocycles. The van der Waals surface area contributed by atoms with Gasteiger partial charge < -0.3 is 0 Å². The molecule has 564 valence electrons. The standard InChI is InChI=1S/3C36H24N4/c1-3-9-27(10-4-1)34-38-35(28-11-5-2-6-12-28)40-36(39-34)30-20-21-33-29(23-30)13-7-15-32(33)26-18-16-25(17-19-26)31-14-8-22-37-24-31;1-3-10-27(11-4-1)34-38-35(28-12-5-2-6-13-28)40-36(39-34)30-21-22-32-29(24-30)14-9-15-31(32)25-17-19-26(20-18-25)33-16-7-8-23-37-33;1-3-8-28(9-4-1)34-38-35(29-10-5-2-6-11-29)40-36(39-34)31-18-19-33-30(24-31)12-7-13-32(33)27-16-14-25(15-17-27)26-20-22-37-23-21-26/h3*1-24H. The Bertz CT molecular complexity index is 6270. The van der Waals surface area contributed by atoms with Crippen LogP contribution in [-0.4, -0.2) is 59.8 Å². The van der Waals surface area contributed by atoms with Gasteiger partial charge in [-0.3, -0.25) is 15.0 Å². The fourth-order valence-corrected chi connectivity index (χ4v) is 15.0. The number of aromatic nitrogens is 12. The summed E-state index contributed by atoms with van der Waals surface area (Å²) in [5.41, 5.74) is 22.3. The van der Waals surface area contributed by atoms with Crippen molar-refractivity contribution in [3.8, 4) is 169 Å². The summed E-state index contributed by atoms with van der Waals surface area (Å²) in [6.07, 6.45) is 9.16. The summed E-state index contributed by atoms with van der Waals surface area (Å²) in [7, 11) is 0. The predicted octanol–water partition coefficient (Wildman–Crippen LogP) is 26.3. The van der Waals surface area contributed by atoms with Gasteiger partial charge in [0.15, 0.2) is 52.4 Å². The van der Waals surface area contributed by atoms with Gasteiger partial charge in [-0.2, -0.15) is 0 Å². The summed E-state index contributed by atoms with van der Waals surface area (Å²) >= 11 is 0. The summed E-state index contributed by atoms with van der Waals surface area (Å²) in [5, 5.41) is 6.94. The Kier molecular flexibility index (Phi) is 21.1. The molecule has 120 heavy (non-hydrogen) atoms. The van der Waals surface area contributed by atoms with Gasteiger partial charge >= 0.3 is 0 Å². The average molecular weight is 1540 g/mol. The molecule has 0 spiro atoms. The number of hydrogen-bond donors (Lipinski definition) is 0.